The molecule has 0 amide bonds. The van der Waals surface area contributed by atoms with Crippen LogP contribution in [0.3, 0.4) is 0 Å². The van der Waals surface area contributed by atoms with E-state index in [9.17, 15) is 13.2 Å². The maximum atomic E-state index is 12.5. The van der Waals surface area contributed by atoms with Crippen molar-refractivity contribution >= 4 is 11.4 Å². The second kappa shape index (κ2) is 3.40. The van der Waals surface area contributed by atoms with Gasteiger partial charge in [0.2, 0.25) is 0 Å². The van der Waals surface area contributed by atoms with Gasteiger partial charge in [-0.1, -0.05) is 6.92 Å². The van der Waals surface area contributed by atoms with Gasteiger partial charge in [-0.2, -0.15) is 13.2 Å². The van der Waals surface area contributed by atoms with Gasteiger partial charge in [0.25, 0.3) is 0 Å². The van der Waals surface area contributed by atoms with Gasteiger partial charge in [0.1, 0.15) is 0 Å². The fourth-order valence-corrected chi connectivity index (χ4v) is 1.40. The maximum Gasteiger partial charge on any atom is 0.418 e. The summed E-state index contributed by atoms with van der Waals surface area (Å²) in [6, 6.07) is 2.57. The molecule has 0 spiro atoms. The molecule has 1 rings (SSSR count). The summed E-state index contributed by atoms with van der Waals surface area (Å²) in [5, 5.41) is 0. The van der Waals surface area contributed by atoms with Crippen molar-refractivity contribution in [3.63, 3.8) is 0 Å². The van der Waals surface area contributed by atoms with E-state index in [-0.39, 0.29) is 23.4 Å². The standard InChI is InChI=1S/C9H11F3N2/c1-2-5-6(13)3-4-7(14)8(5)9(10,11)12/h3-4H,2,13-14H2,1H3. The van der Waals surface area contributed by atoms with Crippen LogP contribution >= 0.6 is 0 Å². The van der Waals surface area contributed by atoms with E-state index in [1.165, 1.54) is 12.1 Å². The third kappa shape index (κ3) is 1.76. The zero-order chi connectivity index (χ0) is 10.9. The van der Waals surface area contributed by atoms with E-state index in [0.29, 0.717) is 0 Å². The second-order valence-corrected chi connectivity index (χ2v) is 2.95. The molecule has 1 aromatic carbocycles. The Bertz CT molecular complexity index is 345. The van der Waals surface area contributed by atoms with Crippen molar-refractivity contribution in [3.8, 4) is 0 Å². The molecular formula is C9H11F3N2. The molecule has 4 N–H and O–H groups in total. The van der Waals surface area contributed by atoms with Crippen molar-refractivity contribution in [3.05, 3.63) is 23.3 Å². The van der Waals surface area contributed by atoms with E-state index in [0.717, 1.165) is 0 Å². The number of anilines is 2. The zero-order valence-electron chi connectivity index (χ0n) is 7.65. The van der Waals surface area contributed by atoms with Gasteiger partial charge < -0.3 is 11.5 Å². The fraction of sp³-hybridized carbons (Fsp3) is 0.333. The topological polar surface area (TPSA) is 52.0 Å². The summed E-state index contributed by atoms with van der Waals surface area (Å²) in [7, 11) is 0. The Hall–Kier alpha value is -1.39. The summed E-state index contributed by atoms with van der Waals surface area (Å²) in [5.74, 6) is 0. The first-order valence-electron chi connectivity index (χ1n) is 4.12. The van der Waals surface area contributed by atoms with Gasteiger partial charge in [-0.3, -0.25) is 0 Å². The molecule has 14 heavy (non-hydrogen) atoms. The summed E-state index contributed by atoms with van der Waals surface area (Å²) in [4.78, 5) is 0. The Morgan fingerprint density at radius 3 is 2.00 bits per heavy atom. The number of hydrogen-bond donors (Lipinski definition) is 2. The molecule has 0 aliphatic rings. The Morgan fingerprint density at radius 2 is 1.64 bits per heavy atom. The Balaban J connectivity index is 3.46. The van der Waals surface area contributed by atoms with Crippen LogP contribution in [0.5, 0.6) is 0 Å². The molecule has 0 fully saturated rings. The number of halogens is 3. The number of alkyl halides is 3. The predicted molar refractivity (Wildman–Crippen MR) is 49.6 cm³/mol. The lowest BCUT2D eigenvalue weighted by Gasteiger charge is -2.15. The van der Waals surface area contributed by atoms with Crippen molar-refractivity contribution in [1.82, 2.24) is 0 Å². The molecular weight excluding hydrogens is 193 g/mol. The molecule has 0 aliphatic carbocycles. The average Bonchev–Trinajstić information content (AvgIpc) is 2.06. The molecule has 0 saturated carbocycles. The van der Waals surface area contributed by atoms with Gasteiger partial charge in [0, 0.05) is 11.4 Å². The second-order valence-electron chi connectivity index (χ2n) is 2.95. The average molecular weight is 204 g/mol. The Labute approximate surface area is 79.7 Å². The highest BCUT2D eigenvalue weighted by atomic mass is 19.4. The minimum atomic E-state index is -4.44. The minimum Gasteiger partial charge on any atom is -0.398 e. The largest absolute Gasteiger partial charge is 0.418 e. The van der Waals surface area contributed by atoms with Gasteiger partial charge in [0.05, 0.1) is 5.56 Å². The Kier molecular flexibility index (Phi) is 2.59. The van der Waals surface area contributed by atoms with Crippen LogP contribution in [-0.4, -0.2) is 0 Å². The molecule has 5 heteroatoms. The molecule has 0 saturated heterocycles. The van der Waals surface area contributed by atoms with Crippen molar-refractivity contribution in [2.24, 2.45) is 0 Å². The molecule has 1 aromatic rings. The van der Waals surface area contributed by atoms with Crippen LogP contribution in [0.1, 0.15) is 18.1 Å². The van der Waals surface area contributed by atoms with Crippen LogP contribution < -0.4 is 11.5 Å². The molecule has 0 bridgehead atoms. The van der Waals surface area contributed by atoms with Crippen LogP contribution in [0.2, 0.25) is 0 Å². The highest BCUT2D eigenvalue weighted by Gasteiger charge is 2.35. The maximum absolute atomic E-state index is 12.5. The number of nitrogens with two attached hydrogens (primary N) is 2. The van der Waals surface area contributed by atoms with E-state index >= 15 is 0 Å². The predicted octanol–water partition coefficient (Wildman–Crippen LogP) is 2.43. The molecule has 0 unspecified atom stereocenters. The van der Waals surface area contributed by atoms with Gasteiger partial charge in [-0.25, -0.2) is 0 Å². The summed E-state index contributed by atoms with van der Waals surface area (Å²) in [5.41, 5.74) is 9.84. The van der Waals surface area contributed by atoms with Crippen molar-refractivity contribution in [1.29, 1.82) is 0 Å². The van der Waals surface area contributed by atoms with Crippen molar-refractivity contribution in [2.45, 2.75) is 19.5 Å². The van der Waals surface area contributed by atoms with E-state index in [2.05, 4.69) is 0 Å². The smallest absolute Gasteiger partial charge is 0.398 e. The first kappa shape index (κ1) is 10.7. The van der Waals surface area contributed by atoms with E-state index in [1.807, 2.05) is 0 Å². The lowest BCUT2D eigenvalue weighted by molar-refractivity contribution is -0.137. The van der Waals surface area contributed by atoms with E-state index < -0.39 is 11.7 Å². The third-order valence-corrected chi connectivity index (χ3v) is 2.02. The minimum absolute atomic E-state index is 0.0671. The summed E-state index contributed by atoms with van der Waals surface area (Å²) in [6.07, 6.45) is -4.23. The SMILES string of the molecule is CCc1c(N)ccc(N)c1C(F)(F)F. The van der Waals surface area contributed by atoms with Crippen LogP contribution in [0, 0.1) is 0 Å². The molecule has 0 radical (unpaired) electrons. The summed E-state index contributed by atoms with van der Waals surface area (Å²) < 4.78 is 37.6. The van der Waals surface area contributed by atoms with Gasteiger partial charge in [-0.05, 0) is 24.1 Å². The number of nitrogen functional groups attached to an aromatic ring is 2. The van der Waals surface area contributed by atoms with Crippen LogP contribution in [-0.2, 0) is 12.6 Å². The summed E-state index contributed by atoms with van der Waals surface area (Å²) in [6.45, 7) is 1.61. The van der Waals surface area contributed by atoms with Crippen molar-refractivity contribution < 1.29 is 13.2 Å². The van der Waals surface area contributed by atoms with Gasteiger partial charge >= 0.3 is 6.18 Å². The highest BCUT2D eigenvalue weighted by molar-refractivity contribution is 5.63. The van der Waals surface area contributed by atoms with Crippen LogP contribution in [0.4, 0.5) is 24.5 Å². The number of rotatable bonds is 1. The molecule has 0 aliphatic heterocycles. The van der Waals surface area contributed by atoms with Crippen LogP contribution in [0.25, 0.3) is 0 Å². The van der Waals surface area contributed by atoms with E-state index in [1.54, 1.807) is 6.92 Å². The third-order valence-electron chi connectivity index (χ3n) is 2.02. The number of benzene rings is 1. The molecule has 0 heterocycles. The van der Waals surface area contributed by atoms with Gasteiger partial charge in [-0.15, -0.1) is 0 Å². The monoisotopic (exact) mass is 204 g/mol. The van der Waals surface area contributed by atoms with Gasteiger partial charge in [0.15, 0.2) is 0 Å². The lowest BCUT2D eigenvalue weighted by Crippen LogP contribution is -2.14. The fourth-order valence-electron chi connectivity index (χ4n) is 1.40. The Morgan fingerprint density at radius 1 is 1.14 bits per heavy atom. The summed E-state index contributed by atoms with van der Waals surface area (Å²) >= 11 is 0. The normalized spacial score (nSPS) is 11.7. The quantitative estimate of drug-likeness (QED) is 0.690. The lowest BCUT2D eigenvalue weighted by atomic mass is 10.0. The number of hydrogen-bond acceptors (Lipinski definition) is 2. The first-order valence-corrected chi connectivity index (χ1v) is 4.12. The molecule has 0 atom stereocenters. The molecule has 78 valence electrons. The zero-order valence-corrected chi connectivity index (χ0v) is 7.65. The molecule has 2 nitrogen and oxygen atoms in total. The molecule has 0 aromatic heterocycles. The highest BCUT2D eigenvalue weighted by Crippen LogP contribution is 2.38. The van der Waals surface area contributed by atoms with Crippen LogP contribution in [0.15, 0.2) is 12.1 Å². The van der Waals surface area contributed by atoms with E-state index in [4.69, 9.17) is 11.5 Å². The first-order chi connectivity index (χ1) is 6.38. The van der Waals surface area contributed by atoms with Crippen molar-refractivity contribution in [2.75, 3.05) is 11.5 Å².